The van der Waals surface area contributed by atoms with E-state index >= 15 is 0 Å². The first-order chi connectivity index (χ1) is 25.3. The van der Waals surface area contributed by atoms with Gasteiger partial charge in [-0.2, -0.15) is 0 Å². The Balaban J connectivity index is 1.17. The van der Waals surface area contributed by atoms with Crippen LogP contribution < -0.4 is 27.3 Å². The summed E-state index contributed by atoms with van der Waals surface area (Å²) in [5.41, 5.74) is 18.7. The molecule has 2 aliphatic rings. The fraction of sp³-hybridized carbons (Fsp3) is 0. The highest BCUT2D eigenvalue weighted by Gasteiger charge is 2.39. The third-order valence-electron chi connectivity index (χ3n) is 11.8. The second-order valence-corrected chi connectivity index (χ2v) is 14.4. The quantitative estimate of drug-likeness (QED) is 0.135. The van der Waals surface area contributed by atoms with Gasteiger partial charge in [0.05, 0.1) is 0 Å². The lowest BCUT2D eigenvalue weighted by atomic mass is 9.34. The van der Waals surface area contributed by atoms with Gasteiger partial charge in [-0.3, -0.25) is 0 Å². The van der Waals surface area contributed by atoms with Gasteiger partial charge < -0.3 is 4.57 Å². The number of rotatable bonds is 4. The number of hydrogen-bond donors (Lipinski definition) is 0. The van der Waals surface area contributed by atoms with Crippen molar-refractivity contribution in [3.63, 3.8) is 0 Å². The SMILES string of the molecule is B1c2cccc3c2-n2c4c1ccc1c5ccccc5c5ccc(c2c5c14)B3c1cc(-c2ccc(-c3ccccc3)cc2)ccc1-c1ccccc1. The van der Waals surface area contributed by atoms with Crippen molar-refractivity contribution in [2.45, 2.75) is 0 Å². The van der Waals surface area contributed by atoms with Crippen molar-refractivity contribution >= 4 is 84.7 Å². The van der Waals surface area contributed by atoms with Crippen LogP contribution in [0.4, 0.5) is 0 Å². The van der Waals surface area contributed by atoms with Crippen molar-refractivity contribution in [2.75, 3.05) is 0 Å². The third-order valence-corrected chi connectivity index (χ3v) is 11.8. The zero-order valence-corrected chi connectivity index (χ0v) is 27.9. The zero-order chi connectivity index (χ0) is 33.2. The smallest absolute Gasteiger partial charge is 0.247 e. The van der Waals surface area contributed by atoms with Crippen molar-refractivity contribution in [1.29, 1.82) is 0 Å². The second-order valence-electron chi connectivity index (χ2n) is 14.4. The lowest BCUT2D eigenvalue weighted by Gasteiger charge is -2.32. The van der Waals surface area contributed by atoms with Gasteiger partial charge >= 0.3 is 0 Å². The molecule has 0 fully saturated rings. The Morgan fingerprint density at radius 1 is 0.373 bits per heavy atom. The van der Waals surface area contributed by atoms with Gasteiger partial charge in [-0.15, -0.1) is 0 Å². The molecule has 3 heteroatoms. The average Bonchev–Trinajstić information content (AvgIpc) is 3.57. The Labute approximate surface area is 297 Å². The van der Waals surface area contributed by atoms with Crippen LogP contribution in [0.3, 0.4) is 0 Å². The number of para-hydroxylation sites is 1. The zero-order valence-electron chi connectivity index (χ0n) is 27.9. The van der Waals surface area contributed by atoms with Crippen molar-refractivity contribution < 1.29 is 0 Å². The first-order valence-electron chi connectivity index (χ1n) is 18.0. The van der Waals surface area contributed by atoms with Crippen molar-refractivity contribution in [2.24, 2.45) is 0 Å². The van der Waals surface area contributed by atoms with Crippen LogP contribution in [0.5, 0.6) is 0 Å². The summed E-state index contributed by atoms with van der Waals surface area (Å²) < 4.78 is 2.66. The van der Waals surface area contributed by atoms with E-state index in [2.05, 4.69) is 174 Å². The van der Waals surface area contributed by atoms with E-state index in [0.29, 0.717) is 0 Å². The molecule has 2 aliphatic heterocycles. The van der Waals surface area contributed by atoms with Crippen LogP contribution in [-0.4, -0.2) is 18.6 Å². The van der Waals surface area contributed by atoms with Crippen LogP contribution >= 0.6 is 0 Å². The summed E-state index contributed by atoms with van der Waals surface area (Å²) in [5.74, 6) is 0. The normalized spacial score (nSPS) is 12.8. The minimum absolute atomic E-state index is 0.0757. The van der Waals surface area contributed by atoms with Crippen molar-refractivity contribution in [3.8, 4) is 39.1 Å². The van der Waals surface area contributed by atoms with Crippen LogP contribution in [0.1, 0.15) is 0 Å². The maximum Gasteiger partial charge on any atom is 0.247 e. The Morgan fingerprint density at radius 3 is 1.73 bits per heavy atom. The van der Waals surface area contributed by atoms with Gasteiger partial charge in [-0.25, -0.2) is 0 Å². The molecule has 0 radical (unpaired) electrons. The first kappa shape index (κ1) is 27.5. The Kier molecular flexibility index (Phi) is 5.46. The second kappa shape index (κ2) is 10.1. The first-order valence-corrected chi connectivity index (χ1v) is 18.0. The maximum atomic E-state index is 2.66. The molecule has 0 amide bonds. The molecule has 0 N–H and O–H groups in total. The summed E-state index contributed by atoms with van der Waals surface area (Å²) in [7, 11) is 0.953. The van der Waals surface area contributed by atoms with E-state index in [1.165, 1.54) is 110 Å². The molecule has 0 saturated heterocycles. The van der Waals surface area contributed by atoms with Gasteiger partial charge in [0, 0.05) is 27.5 Å². The van der Waals surface area contributed by atoms with Crippen LogP contribution in [0.2, 0.25) is 0 Å². The molecule has 1 nitrogen and oxygen atoms in total. The molecule has 0 atom stereocenters. The van der Waals surface area contributed by atoms with Crippen LogP contribution in [0.25, 0.3) is 82.4 Å². The molecule has 0 aliphatic carbocycles. The van der Waals surface area contributed by atoms with E-state index in [-0.39, 0.29) is 6.71 Å². The van der Waals surface area contributed by atoms with Gasteiger partial charge in [0.25, 0.3) is 0 Å². The lowest BCUT2D eigenvalue weighted by molar-refractivity contribution is 1.20. The highest BCUT2D eigenvalue weighted by atomic mass is 15.0. The maximum absolute atomic E-state index is 2.66. The fourth-order valence-corrected chi connectivity index (χ4v) is 9.67. The third kappa shape index (κ3) is 3.68. The average molecular weight is 641 g/mol. The number of hydrogen-bond acceptors (Lipinski definition) is 0. The van der Waals surface area contributed by atoms with E-state index in [1.54, 1.807) is 0 Å². The summed E-state index contributed by atoms with van der Waals surface area (Å²) in [6.07, 6.45) is 0. The van der Waals surface area contributed by atoms with Gasteiger partial charge in [-0.05, 0) is 65.9 Å². The molecule has 0 saturated carbocycles. The molecule has 0 spiro atoms. The molecular weight excluding hydrogens is 612 g/mol. The van der Waals surface area contributed by atoms with Crippen LogP contribution in [-0.2, 0) is 0 Å². The number of nitrogens with zero attached hydrogens (tertiary/aromatic N) is 1. The Morgan fingerprint density at radius 2 is 0.980 bits per heavy atom. The summed E-state index contributed by atoms with van der Waals surface area (Å²) in [5, 5.41) is 8.24. The van der Waals surface area contributed by atoms with Gasteiger partial charge in [0.15, 0.2) is 7.28 Å². The number of aromatic nitrogens is 1. The predicted octanol–water partition coefficient (Wildman–Crippen LogP) is 8.06. The number of benzene rings is 9. The topological polar surface area (TPSA) is 4.93 Å². The van der Waals surface area contributed by atoms with E-state index in [0.717, 1.165) is 7.28 Å². The van der Waals surface area contributed by atoms with E-state index in [9.17, 15) is 0 Å². The van der Waals surface area contributed by atoms with E-state index < -0.39 is 0 Å². The Bertz CT molecular complexity index is 3030. The monoisotopic (exact) mass is 641 g/mol. The summed E-state index contributed by atoms with van der Waals surface area (Å²) in [6.45, 7) is 0.0757. The largest absolute Gasteiger partial charge is 0.311 e. The van der Waals surface area contributed by atoms with Gasteiger partial charge in [-0.1, -0.05) is 186 Å². The molecule has 0 unspecified atom stereocenters. The molecule has 3 heterocycles. The standard InChI is InChI=1S/C48H29B2N/c1-3-10-29(11-4-1)30-18-20-31(21-19-30)33-22-23-34(32-12-5-2-6-13-32)43(28-33)50-41-17-9-16-39-46(41)51-47-40(49-39)26-24-37-35-14-7-8-15-36(35)38-25-27-42(50)48(51)45(38)44(37)47/h1-28,49H. The summed E-state index contributed by atoms with van der Waals surface area (Å²) >= 11 is 0. The highest BCUT2D eigenvalue weighted by Crippen LogP contribution is 2.44. The molecule has 0 bridgehead atoms. The van der Waals surface area contributed by atoms with E-state index in [4.69, 9.17) is 0 Å². The summed E-state index contributed by atoms with van der Waals surface area (Å²) in [4.78, 5) is 0. The molecule has 9 aromatic carbocycles. The number of fused-ring (bicyclic) bond motifs is 3. The minimum atomic E-state index is 0.0757. The Hall–Kier alpha value is -6.31. The van der Waals surface area contributed by atoms with Gasteiger partial charge in [0.2, 0.25) is 6.71 Å². The van der Waals surface area contributed by atoms with Crippen LogP contribution in [0.15, 0.2) is 170 Å². The molecule has 51 heavy (non-hydrogen) atoms. The lowest BCUT2D eigenvalue weighted by Crippen LogP contribution is -2.59. The molecule has 12 rings (SSSR count). The van der Waals surface area contributed by atoms with Crippen molar-refractivity contribution in [1.82, 2.24) is 4.57 Å². The highest BCUT2D eigenvalue weighted by molar-refractivity contribution is 6.99. The molecular formula is C48H29B2N. The summed E-state index contributed by atoms with van der Waals surface area (Å²) in [6, 6.07) is 63.6. The van der Waals surface area contributed by atoms with E-state index in [1.807, 2.05) is 0 Å². The molecule has 10 aromatic rings. The minimum Gasteiger partial charge on any atom is -0.311 e. The van der Waals surface area contributed by atoms with Gasteiger partial charge in [0.1, 0.15) is 0 Å². The van der Waals surface area contributed by atoms with Crippen LogP contribution in [0, 0.1) is 0 Å². The fourth-order valence-electron chi connectivity index (χ4n) is 9.67. The molecule has 1 aromatic heterocycles. The molecule has 232 valence electrons. The van der Waals surface area contributed by atoms with Crippen molar-refractivity contribution in [3.05, 3.63) is 170 Å². The predicted molar refractivity (Wildman–Crippen MR) is 221 cm³/mol.